The molecule has 182 valence electrons. The maximum absolute atomic E-state index is 10.3. The number of aryl methyl sites for hydroxylation is 1. The Morgan fingerprint density at radius 3 is 2.63 bits per heavy atom. The summed E-state index contributed by atoms with van der Waals surface area (Å²) in [5.41, 5.74) is 3.60. The maximum Gasteiger partial charge on any atom is 0.229 e. The number of ether oxygens (including phenoxy) is 3. The third-order valence-corrected chi connectivity index (χ3v) is 7.39. The van der Waals surface area contributed by atoms with E-state index in [1.807, 2.05) is 0 Å². The maximum atomic E-state index is 10.3. The Balaban J connectivity index is 1.40. The number of aliphatic hydroxyl groups excluding tert-OH is 4. The summed E-state index contributed by atoms with van der Waals surface area (Å²) in [5, 5.41) is 51.9. The second kappa shape index (κ2) is 8.59. The molecule has 2 aromatic rings. The average Bonchev–Trinajstić information content (AvgIpc) is 2.88. The van der Waals surface area contributed by atoms with Gasteiger partial charge < -0.3 is 34.6 Å². The molecule has 9 heteroatoms. The van der Waals surface area contributed by atoms with Crippen LogP contribution in [0.4, 0.5) is 0 Å². The summed E-state index contributed by atoms with van der Waals surface area (Å²) >= 11 is 0. The van der Waals surface area contributed by atoms with E-state index in [-0.39, 0.29) is 0 Å². The molecule has 4 aliphatic rings. The van der Waals surface area contributed by atoms with Crippen molar-refractivity contribution in [3.8, 4) is 23.3 Å². The van der Waals surface area contributed by atoms with E-state index in [4.69, 9.17) is 14.2 Å². The molecule has 0 saturated carbocycles. The minimum atomic E-state index is -1.53. The van der Waals surface area contributed by atoms with Crippen LogP contribution in [0, 0.1) is 11.3 Å². The number of aliphatic hydroxyl groups is 4. The first-order valence-corrected chi connectivity index (χ1v) is 12.0. The second-order valence-corrected chi connectivity index (χ2v) is 9.50. The van der Waals surface area contributed by atoms with Gasteiger partial charge in [-0.05, 0) is 31.0 Å². The smallest absolute Gasteiger partial charge is 0.229 e. The molecule has 4 aliphatic heterocycles. The lowest BCUT2D eigenvalue weighted by Crippen LogP contribution is -2.60. The molecule has 9 nitrogen and oxygen atoms in total. The van der Waals surface area contributed by atoms with Crippen LogP contribution in [0.15, 0.2) is 24.3 Å². The molecule has 6 rings (SSSR count). The highest BCUT2D eigenvalue weighted by Crippen LogP contribution is 2.38. The lowest BCUT2D eigenvalue weighted by molar-refractivity contribution is -0.277. The van der Waals surface area contributed by atoms with Crippen LogP contribution in [0.25, 0.3) is 5.57 Å². The Morgan fingerprint density at radius 2 is 1.86 bits per heavy atom. The molecule has 0 aromatic heterocycles. The Bertz CT molecular complexity index is 1360. The lowest BCUT2D eigenvalue weighted by atomic mass is 9.90. The van der Waals surface area contributed by atoms with Gasteiger partial charge in [-0.15, -0.1) is 0 Å². The zero-order chi connectivity index (χ0) is 24.3. The van der Waals surface area contributed by atoms with Crippen molar-refractivity contribution in [1.82, 2.24) is 4.58 Å². The van der Waals surface area contributed by atoms with E-state index >= 15 is 0 Å². The van der Waals surface area contributed by atoms with Gasteiger partial charge in [0.1, 0.15) is 60.8 Å². The summed E-state index contributed by atoms with van der Waals surface area (Å²) in [6.07, 6.45) is -2.89. The van der Waals surface area contributed by atoms with Crippen molar-refractivity contribution in [3.05, 3.63) is 51.5 Å². The molecule has 35 heavy (non-hydrogen) atoms. The highest BCUT2D eigenvalue weighted by Gasteiger charge is 2.44. The molecule has 0 spiro atoms. The van der Waals surface area contributed by atoms with Crippen LogP contribution in [0.3, 0.4) is 0 Å². The minimum Gasteiger partial charge on any atom is -0.462 e. The van der Waals surface area contributed by atoms with Crippen molar-refractivity contribution < 1.29 is 34.6 Å². The van der Waals surface area contributed by atoms with E-state index in [1.165, 1.54) is 10.9 Å². The Morgan fingerprint density at radius 1 is 1.06 bits per heavy atom. The van der Waals surface area contributed by atoms with Gasteiger partial charge in [0.15, 0.2) is 0 Å². The summed E-state index contributed by atoms with van der Waals surface area (Å²) in [4.78, 5) is 0. The normalized spacial score (nSPS) is 28.8. The zero-order valence-electron chi connectivity index (χ0n) is 19.1. The van der Waals surface area contributed by atoms with Gasteiger partial charge in [0, 0.05) is 35.3 Å². The number of nitrogens with zero attached hydrogens (tertiary/aromatic N) is 2. The van der Waals surface area contributed by atoms with Gasteiger partial charge in [-0.1, -0.05) is 0 Å². The predicted octanol–water partition coefficient (Wildman–Crippen LogP) is -0.923. The Labute approximate surface area is 201 Å². The molecule has 2 aromatic carbocycles. The van der Waals surface area contributed by atoms with Crippen molar-refractivity contribution in [3.63, 3.8) is 0 Å². The largest absolute Gasteiger partial charge is 0.462 e. The van der Waals surface area contributed by atoms with Crippen LogP contribution in [0.5, 0.6) is 17.2 Å². The van der Waals surface area contributed by atoms with Gasteiger partial charge in [-0.2, -0.15) is 5.26 Å². The van der Waals surface area contributed by atoms with Gasteiger partial charge >= 0.3 is 0 Å². The van der Waals surface area contributed by atoms with Crippen molar-refractivity contribution in [2.24, 2.45) is 0 Å². The molecule has 4 heterocycles. The topological polar surface area (TPSA) is 135 Å². The lowest BCUT2D eigenvalue weighted by Gasteiger charge is -2.39. The second-order valence-electron chi connectivity index (χ2n) is 9.50. The summed E-state index contributed by atoms with van der Waals surface area (Å²) in [6.45, 7) is 1.52. The summed E-state index contributed by atoms with van der Waals surface area (Å²) in [6, 6.07) is 9.46. The fraction of sp³-hybridized carbons (Fsp3) is 0.462. The van der Waals surface area contributed by atoms with E-state index in [2.05, 4.69) is 16.7 Å². The Kier molecular flexibility index (Phi) is 5.51. The number of nitriles is 1. The quantitative estimate of drug-likeness (QED) is 0.415. The summed E-state index contributed by atoms with van der Waals surface area (Å²) in [5.74, 6) is 1.46. The first-order chi connectivity index (χ1) is 17.0. The fourth-order valence-corrected chi connectivity index (χ4v) is 5.67. The van der Waals surface area contributed by atoms with E-state index in [1.54, 1.807) is 18.2 Å². The highest BCUT2D eigenvalue weighted by molar-refractivity contribution is 5.83. The molecule has 0 amide bonds. The van der Waals surface area contributed by atoms with Gasteiger partial charge in [-0.25, -0.2) is 4.58 Å². The van der Waals surface area contributed by atoms with Crippen LogP contribution in [-0.4, -0.2) is 70.8 Å². The number of benzene rings is 2. The van der Waals surface area contributed by atoms with E-state index < -0.39 is 37.3 Å². The van der Waals surface area contributed by atoms with E-state index in [0.717, 1.165) is 49.6 Å². The van der Waals surface area contributed by atoms with Crippen LogP contribution in [0.1, 0.15) is 29.5 Å². The number of fused-ring (bicyclic) bond motifs is 3. The van der Waals surface area contributed by atoms with E-state index in [9.17, 15) is 25.7 Å². The SMILES string of the molecule is N#CC1=c2cc3c4c(c2Oc2cc(O[C@@H]5O[C@H](CO)[C@H](O)[C@H](O)[C@H]5O)ccc21)CCC[N+]=4CCC3. The van der Waals surface area contributed by atoms with Crippen LogP contribution >= 0.6 is 0 Å². The van der Waals surface area contributed by atoms with Gasteiger partial charge in [0.2, 0.25) is 11.6 Å². The monoisotopic (exact) mass is 479 g/mol. The van der Waals surface area contributed by atoms with Crippen LogP contribution < -0.4 is 24.6 Å². The van der Waals surface area contributed by atoms with Gasteiger partial charge in [-0.3, -0.25) is 0 Å². The molecule has 4 N–H and O–H groups in total. The minimum absolute atomic E-state index is 0.294. The van der Waals surface area contributed by atoms with Crippen molar-refractivity contribution in [2.75, 3.05) is 19.7 Å². The van der Waals surface area contributed by atoms with Crippen molar-refractivity contribution >= 4 is 5.57 Å². The van der Waals surface area contributed by atoms with Gasteiger partial charge in [0.05, 0.1) is 17.7 Å². The molecular formula is C26H27N2O7+. The first kappa shape index (κ1) is 22.5. The number of hydrogen-bond donors (Lipinski definition) is 4. The number of rotatable bonds is 3. The predicted molar refractivity (Wildman–Crippen MR) is 122 cm³/mol. The van der Waals surface area contributed by atoms with Crippen LogP contribution in [-0.2, 0) is 17.6 Å². The fourth-order valence-electron chi connectivity index (χ4n) is 5.67. The Hall–Kier alpha value is -3.00. The molecule has 0 aliphatic carbocycles. The third-order valence-electron chi connectivity index (χ3n) is 7.39. The molecule has 0 bridgehead atoms. The van der Waals surface area contributed by atoms with Crippen molar-refractivity contribution in [2.45, 2.75) is 56.4 Å². The first-order valence-electron chi connectivity index (χ1n) is 12.0. The molecule has 5 atom stereocenters. The van der Waals surface area contributed by atoms with Gasteiger partial charge in [0.25, 0.3) is 0 Å². The standard InChI is InChI=1S/C26H27N2O7/c27-11-18-15-6-5-14(33-26-24(32)23(31)22(30)20(12-29)35-26)10-19(15)34-25-16-4-2-8-28-7-1-3-13(21(16)28)9-17(18)25/h5-6,9-10,20,22-24,26,29-32H,1-4,7-8,12H2/q+1/t20-,22+,23+,24-,26-/m1/s1. The molecule has 0 unspecified atom stereocenters. The summed E-state index contributed by atoms with van der Waals surface area (Å²) in [7, 11) is 0. The molecule has 1 fully saturated rings. The molecular weight excluding hydrogens is 452 g/mol. The van der Waals surface area contributed by atoms with E-state index in [0.29, 0.717) is 28.4 Å². The third kappa shape index (κ3) is 3.53. The highest BCUT2D eigenvalue weighted by atomic mass is 16.7. The molecule has 0 radical (unpaired) electrons. The van der Waals surface area contributed by atoms with Crippen molar-refractivity contribution in [1.29, 1.82) is 5.26 Å². The summed E-state index contributed by atoms with van der Waals surface area (Å²) < 4.78 is 20.1. The molecule has 1 saturated heterocycles. The number of hydrogen-bond acceptors (Lipinski definition) is 8. The zero-order valence-corrected chi connectivity index (χ0v) is 19.1. The average molecular weight is 480 g/mol. The van der Waals surface area contributed by atoms with Crippen LogP contribution in [0.2, 0.25) is 0 Å².